The number of rotatable bonds is 5. The summed E-state index contributed by atoms with van der Waals surface area (Å²) in [4.78, 5) is 15.0. The van der Waals surface area contributed by atoms with Crippen LogP contribution in [0.5, 0.6) is 5.88 Å². The fourth-order valence-corrected chi connectivity index (χ4v) is 1.92. The largest absolute Gasteiger partial charge is 0.476 e. The van der Waals surface area contributed by atoms with Gasteiger partial charge in [-0.3, -0.25) is 4.98 Å². The van der Waals surface area contributed by atoms with Crippen molar-refractivity contribution in [3.05, 3.63) is 53.5 Å². The van der Waals surface area contributed by atoms with E-state index in [0.29, 0.717) is 17.1 Å². The molecule has 23 heavy (non-hydrogen) atoms. The monoisotopic (exact) mass is 312 g/mol. The van der Waals surface area contributed by atoms with Gasteiger partial charge in [-0.1, -0.05) is 11.2 Å². The number of aryl methyl sites for hydroxylation is 1. The number of aromatic nitrogens is 4. The average Bonchev–Trinajstić information content (AvgIpc) is 2.95. The number of carboxylic acids is 1. The molecule has 0 unspecified atom stereocenters. The lowest BCUT2D eigenvalue weighted by Gasteiger charge is -2.05. The highest BCUT2D eigenvalue weighted by molar-refractivity contribution is 5.84. The number of pyridine rings is 1. The Morgan fingerprint density at radius 2 is 2.13 bits per heavy atom. The van der Waals surface area contributed by atoms with Gasteiger partial charge in [-0.2, -0.15) is 0 Å². The molecule has 3 rings (SSSR count). The molecular weight excluding hydrogens is 300 g/mol. The van der Waals surface area contributed by atoms with Crippen molar-refractivity contribution in [1.82, 2.24) is 20.3 Å². The maximum Gasteiger partial charge on any atom is 0.356 e. The molecule has 8 heteroatoms. The Bertz CT molecular complexity index is 815. The van der Waals surface area contributed by atoms with Gasteiger partial charge in [-0.15, -0.1) is 10.2 Å². The second-order valence-electron chi connectivity index (χ2n) is 4.63. The van der Waals surface area contributed by atoms with Crippen LogP contribution in [0.15, 0.2) is 41.1 Å². The summed E-state index contributed by atoms with van der Waals surface area (Å²) in [6.07, 6.45) is 1.67. The minimum Gasteiger partial charge on any atom is -0.476 e. The number of carbonyl (C=O) groups is 1. The Morgan fingerprint density at radius 3 is 2.78 bits per heavy atom. The molecule has 1 N–H and O–H groups in total. The molecule has 116 valence electrons. The van der Waals surface area contributed by atoms with E-state index in [1.54, 1.807) is 13.1 Å². The van der Waals surface area contributed by atoms with Gasteiger partial charge in [0, 0.05) is 12.3 Å². The Balaban J connectivity index is 1.78. The molecule has 0 saturated heterocycles. The number of ether oxygens (including phenoxy) is 1. The van der Waals surface area contributed by atoms with Crippen molar-refractivity contribution in [2.24, 2.45) is 0 Å². The van der Waals surface area contributed by atoms with Crippen LogP contribution in [-0.4, -0.2) is 31.4 Å². The molecule has 0 fully saturated rings. The first-order valence-electron chi connectivity index (χ1n) is 6.71. The first kappa shape index (κ1) is 14.6. The molecule has 0 atom stereocenters. The Hall–Kier alpha value is -3.29. The molecule has 0 aliphatic carbocycles. The molecule has 0 radical (unpaired) electrons. The molecule has 3 aromatic rings. The summed E-state index contributed by atoms with van der Waals surface area (Å²) in [7, 11) is 0. The van der Waals surface area contributed by atoms with Crippen molar-refractivity contribution in [1.29, 1.82) is 0 Å². The maximum absolute atomic E-state index is 10.7. The molecule has 0 amide bonds. The smallest absolute Gasteiger partial charge is 0.356 e. The number of hydrogen-bond acceptors (Lipinski definition) is 7. The van der Waals surface area contributed by atoms with E-state index in [0.717, 1.165) is 5.56 Å². The number of nitrogens with zero attached hydrogens (tertiary/aromatic N) is 4. The van der Waals surface area contributed by atoms with E-state index in [1.165, 1.54) is 12.1 Å². The van der Waals surface area contributed by atoms with E-state index in [9.17, 15) is 4.79 Å². The molecular formula is C15H12N4O4. The first-order chi connectivity index (χ1) is 11.1. The molecule has 3 heterocycles. The van der Waals surface area contributed by atoms with Crippen LogP contribution in [-0.2, 0) is 6.61 Å². The van der Waals surface area contributed by atoms with Gasteiger partial charge in [0.25, 0.3) is 0 Å². The Morgan fingerprint density at radius 1 is 1.26 bits per heavy atom. The lowest BCUT2D eigenvalue weighted by atomic mass is 10.1. The van der Waals surface area contributed by atoms with Gasteiger partial charge in [-0.05, 0) is 25.1 Å². The SMILES string of the molecule is Cc1onc(-c2ccccn2)c1COc1ccc(C(=O)O)nn1. The quantitative estimate of drug-likeness (QED) is 0.762. The molecule has 8 nitrogen and oxygen atoms in total. The zero-order valence-corrected chi connectivity index (χ0v) is 12.1. The number of aromatic carboxylic acids is 1. The normalized spacial score (nSPS) is 10.5. The highest BCUT2D eigenvalue weighted by atomic mass is 16.5. The molecule has 0 aromatic carbocycles. The van der Waals surface area contributed by atoms with E-state index in [-0.39, 0.29) is 18.2 Å². The summed E-state index contributed by atoms with van der Waals surface area (Å²) in [6.45, 7) is 1.93. The summed E-state index contributed by atoms with van der Waals surface area (Å²) in [6, 6.07) is 8.26. The molecule has 0 saturated carbocycles. The van der Waals surface area contributed by atoms with Crippen LogP contribution in [0, 0.1) is 6.92 Å². The van der Waals surface area contributed by atoms with E-state index in [1.807, 2.05) is 18.2 Å². The van der Waals surface area contributed by atoms with Crippen molar-refractivity contribution in [3.8, 4) is 17.3 Å². The Kier molecular flexibility index (Phi) is 3.96. The minimum absolute atomic E-state index is 0.146. The van der Waals surface area contributed by atoms with E-state index in [2.05, 4.69) is 20.3 Å². The third-order valence-corrected chi connectivity index (χ3v) is 3.12. The fourth-order valence-electron chi connectivity index (χ4n) is 1.92. The predicted molar refractivity (Wildman–Crippen MR) is 77.8 cm³/mol. The van der Waals surface area contributed by atoms with E-state index < -0.39 is 5.97 Å². The van der Waals surface area contributed by atoms with Crippen LogP contribution in [0.4, 0.5) is 0 Å². The minimum atomic E-state index is -1.14. The van der Waals surface area contributed by atoms with Gasteiger partial charge in [0.15, 0.2) is 5.69 Å². The van der Waals surface area contributed by atoms with Crippen LogP contribution in [0.2, 0.25) is 0 Å². The van der Waals surface area contributed by atoms with Crippen molar-refractivity contribution in [2.45, 2.75) is 13.5 Å². The van der Waals surface area contributed by atoms with Gasteiger partial charge in [0.1, 0.15) is 18.1 Å². The van der Waals surface area contributed by atoms with Crippen molar-refractivity contribution in [3.63, 3.8) is 0 Å². The van der Waals surface area contributed by atoms with Crippen molar-refractivity contribution in [2.75, 3.05) is 0 Å². The van der Waals surface area contributed by atoms with Crippen LogP contribution < -0.4 is 4.74 Å². The molecule has 0 spiro atoms. The second-order valence-corrected chi connectivity index (χ2v) is 4.63. The van der Waals surface area contributed by atoms with Crippen LogP contribution >= 0.6 is 0 Å². The molecule has 0 aliphatic rings. The highest BCUT2D eigenvalue weighted by Crippen LogP contribution is 2.24. The molecule has 0 bridgehead atoms. The van der Waals surface area contributed by atoms with Gasteiger partial charge >= 0.3 is 5.97 Å². The third-order valence-electron chi connectivity index (χ3n) is 3.12. The topological polar surface area (TPSA) is 111 Å². The van der Waals surface area contributed by atoms with Crippen LogP contribution in [0.25, 0.3) is 11.4 Å². The van der Waals surface area contributed by atoms with Crippen molar-refractivity contribution >= 4 is 5.97 Å². The summed E-state index contributed by atoms with van der Waals surface area (Å²) in [5.41, 5.74) is 1.87. The third kappa shape index (κ3) is 3.15. The van der Waals surface area contributed by atoms with Gasteiger partial charge < -0.3 is 14.4 Å². The van der Waals surface area contributed by atoms with Crippen molar-refractivity contribution < 1.29 is 19.2 Å². The fraction of sp³-hybridized carbons (Fsp3) is 0.133. The zero-order chi connectivity index (χ0) is 16.2. The van der Waals surface area contributed by atoms with Crippen LogP contribution in [0.1, 0.15) is 21.8 Å². The number of hydrogen-bond donors (Lipinski definition) is 1. The van der Waals surface area contributed by atoms with E-state index >= 15 is 0 Å². The number of carboxylic acid groups (broad SMARTS) is 1. The maximum atomic E-state index is 10.7. The summed E-state index contributed by atoms with van der Waals surface area (Å²) in [5, 5.41) is 20.1. The van der Waals surface area contributed by atoms with Gasteiger partial charge in [0.05, 0.1) is 11.3 Å². The lowest BCUT2D eigenvalue weighted by Crippen LogP contribution is -2.04. The lowest BCUT2D eigenvalue weighted by molar-refractivity contribution is 0.0689. The van der Waals surface area contributed by atoms with Gasteiger partial charge in [0.2, 0.25) is 5.88 Å². The Labute approximate surface area is 130 Å². The second kappa shape index (κ2) is 6.22. The summed E-state index contributed by atoms with van der Waals surface area (Å²) < 4.78 is 10.7. The average molecular weight is 312 g/mol. The summed E-state index contributed by atoms with van der Waals surface area (Å²) >= 11 is 0. The first-order valence-corrected chi connectivity index (χ1v) is 6.71. The molecule has 0 aliphatic heterocycles. The zero-order valence-electron chi connectivity index (χ0n) is 12.1. The predicted octanol–water partition coefficient (Wildman–Crippen LogP) is 2.11. The van der Waals surface area contributed by atoms with Gasteiger partial charge in [-0.25, -0.2) is 4.79 Å². The summed E-state index contributed by atoms with van der Waals surface area (Å²) in [5.74, 6) is -0.320. The molecule has 3 aromatic heterocycles. The highest BCUT2D eigenvalue weighted by Gasteiger charge is 2.16. The van der Waals surface area contributed by atoms with E-state index in [4.69, 9.17) is 14.4 Å². The van der Waals surface area contributed by atoms with Crippen LogP contribution in [0.3, 0.4) is 0 Å². The standard InChI is InChI=1S/C15H12N4O4/c1-9-10(14(19-23-9)11-4-2-3-7-16-11)8-22-13-6-5-12(15(20)21)17-18-13/h2-7H,8H2,1H3,(H,20,21).